The SMILES string of the molecule is COC(=O)N[C@H](C(=O)N1CCC[C@H]1c1ncc(-c2ccc3cc(-c4ccc5c(=O)c(F)c([C@H]6CCCN6C(=O)[C@H](NC(=O)OC)C(C)C)[nH]c5c4)ccc3c2)[nH]1)C(C)C. The molecule has 0 saturated carbocycles. The minimum atomic E-state index is -0.926. The van der Waals surface area contributed by atoms with Gasteiger partial charge in [-0.2, -0.15) is 0 Å². The van der Waals surface area contributed by atoms with Crippen LogP contribution in [-0.4, -0.2) is 88.1 Å². The summed E-state index contributed by atoms with van der Waals surface area (Å²) in [7, 11) is 2.50. The Morgan fingerprint density at radius 2 is 1.27 bits per heavy atom. The van der Waals surface area contributed by atoms with E-state index in [1.807, 2.05) is 44.2 Å². The van der Waals surface area contributed by atoms with Crippen molar-refractivity contribution >= 4 is 45.7 Å². The molecule has 15 heteroatoms. The van der Waals surface area contributed by atoms with Crippen LogP contribution in [0.1, 0.15) is 77.0 Å². The van der Waals surface area contributed by atoms with E-state index < -0.39 is 41.6 Å². The molecule has 5 aromatic rings. The quantitative estimate of drug-likeness (QED) is 0.117. The third-order valence-electron chi connectivity index (χ3n) is 11.6. The van der Waals surface area contributed by atoms with Gasteiger partial charge in [-0.15, -0.1) is 0 Å². The lowest BCUT2D eigenvalue weighted by molar-refractivity contribution is -0.136. The summed E-state index contributed by atoms with van der Waals surface area (Å²) in [5, 5.41) is 7.45. The van der Waals surface area contributed by atoms with E-state index in [2.05, 4.69) is 37.7 Å². The van der Waals surface area contributed by atoms with Gasteiger partial charge < -0.3 is 39.9 Å². The Balaban J connectivity index is 1.12. The number of imidazole rings is 1. The molecule has 2 aromatic heterocycles. The van der Waals surface area contributed by atoms with E-state index >= 15 is 4.39 Å². The van der Waals surface area contributed by atoms with E-state index in [1.54, 1.807) is 37.1 Å². The second-order valence-corrected chi connectivity index (χ2v) is 16.0. The number of aromatic nitrogens is 3. The highest BCUT2D eigenvalue weighted by Crippen LogP contribution is 2.36. The predicted molar refractivity (Wildman–Crippen MR) is 221 cm³/mol. The zero-order valence-electron chi connectivity index (χ0n) is 34.1. The van der Waals surface area contributed by atoms with Crippen molar-refractivity contribution in [3.63, 3.8) is 0 Å². The molecule has 59 heavy (non-hydrogen) atoms. The van der Waals surface area contributed by atoms with Crippen molar-refractivity contribution in [2.75, 3.05) is 27.3 Å². The van der Waals surface area contributed by atoms with E-state index in [9.17, 15) is 24.0 Å². The zero-order chi connectivity index (χ0) is 42.1. The lowest BCUT2D eigenvalue weighted by atomic mass is 9.98. The standard InChI is InChI=1S/C44H50FN7O7/c1-23(2)36(49-43(56)58-5)41(54)51-17-7-9-33(51)38-35(45)39(53)30-16-15-28(21-31(30)47-38)26-11-12-27-20-29(14-13-25(27)19-26)32-22-46-40(48-32)34-10-8-18-52(34)42(55)37(24(3)4)50-44(57)59-6/h11-16,19-24,33-34,36-37H,7-10,17-18H2,1-6H3,(H,46,48)(H,47,53)(H,49,56)(H,50,57)/t33-,34+,36-,37+/m1/s1. The van der Waals surface area contributed by atoms with Crippen molar-refractivity contribution in [3.8, 4) is 22.4 Å². The Kier molecular flexibility index (Phi) is 11.7. The third-order valence-corrected chi connectivity index (χ3v) is 11.6. The number of halogens is 1. The molecule has 2 saturated heterocycles. The number of benzene rings is 3. The summed E-state index contributed by atoms with van der Waals surface area (Å²) in [5.74, 6) is -1.17. The van der Waals surface area contributed by atoms with Gasteiger partial charge in [0, 0.05) is 24.0 Å². The molecular weight excluding hydrogens is 758 g/mol. The summed E-state index contributed by atoms with van der Waals surface area (Å²) in [6, 6.07) is 14.8. The lowest BCUT2D eigenvalue weighted by Gasteiger charge is -2.31. The normalized spacial score (nSPS) is 17.8. The number of pyridine rings is 1. The fourth-order valence-corrected chi connectivity index (χ4v) is 8.34. The summed E-state index contributed by atoms with van der Waals surface area (Å²) in [6.07, 6.45) is 3.01. The van der Waals surface area contributed by atoms with Crippen LogP contribution in [0.3, 0.4) is 0 Å². The fraction of sp³-hybridized carbons (Fsp3) is 0.409. The van der Waals surface area contributed by atoms with Crippen molar-refractivity contribution in [1.82, 2.24) is 35.4 Å². The molecule has 4 atom stereocenters. The van der Waals surface area contributed by atoms with Crippen molar-refractivity contribution in [2.45, 2.75) is 77.5 Å². The van der Waals surface area contributed by atoms with Crippen molar-refractivity contribution in [2.24, 2.45) is 11.8 Å². The Morgan fingerprint density at radius 3 is 1.86 bits per heavy atom. The number of ether oxygens (including phenoxy) is 2. The predicted octanol–water partition coefficient (Wildman–Crippen LogP) is 6.97. The summed E-state index contributed by atoms with van der Waals surface area (Å²) in [5.41, 5.74) is 3.18. The molecule has 4 heterocycles. The molecule has 0 spiro atoms. The van der Waals surface area contributed by atoms with Gasteiger partial charge in [-0.05, 0) is 83.7 Å². The van der Waals surface area contributed by atoms with Crippen molar-refractivity contribution in [1.29, 1.82) is 0 Å². The van der Waals surface area contributed by atoms with Gasteiger partial charge in [-0.1, -0.05) is 58.0 Å². The number of methoxy groups -OCH3 is 2. The minimum absolute atomic E-state index is 0.0432. The van der Waals surface area contributed by atoms with Gasteiger partial charge in [-0.3, -0.25) is 14.4 Å². The number of carbonyl (C=O) groups is 4. The molecule has 2 fully saturated rings. The van der Waals surface area contributed by atoms with Crippen molar-refractivity contribution in [3.05, 3.63) is 88.4 Å². The fourth-order valence-electron chi connectivity index (χ4n) is 8.34. The van der Waals surface area contributed by atoms with Gasteiger partial charge >= 0.3 is 12.2 Å². The first-order valence-corrected chi connectivity index (χ1v) is 20.0. The number of hydrogen-bond donors (Lipinski definition) is 4. The second-order valence-electron chi connectivity index (χ2n) is 16.0. The molecule has 4 N–H and O–H groups in total. The van der Waals surface area contributed by atoms with Gasteiger partial charge in [0.05, 0.1) is 49.4 Å². The zero-order valence-corrected chi connectivity index (χ0v) is 34.1. The maximum atomic E-state index is 15.8. The van der Waals surface area contributed by atoms with Crippen LogP contribution in [0.2, 0.25) is 0 Å². The monoisotopic (exact) mass is 807 g/mol. The van der Waals surface area contributed by atoms with Crippen LogP contribution in [0.4, 0.5) is 14.0 Å². The number of nitrogens with zero attached hydrogens (tertiary/aromatic N) is 3. The molecule has 2 aliphatic rings. The van der Waals surface area contributed by atoms with Gasteiger partial charge in [0.25, 0.3) is 0 Å². The number of amides is 4. The molecule has 7 rings (SSSR count). The smallest absolute Gasteiger partial charge is 0.407 e. The molecule has 3 aromatic carbocycles. The first-order chi connectivity index (χ1) is 28.3. The first kappa shape index (κ1) is 40.9. The minimum Gasteiger partial charge on any atom is -0.453 e. The van der Waals surface area contributed by atoms with Gasteiger partial charge in [-0.25, -0.2) is 19.0 Å². The topological polar surface area (TPSA) is 179 Å². The first-order valence-electron chi connectivity index (χ1n) is 20.0. The van der Waals surface area contributed by atoms with Crippen LogP contribution in [0, 0.1) is 17.7 Å². The van der Waals surface area contributed by atoms with Gasteiger partial charge in [0.2, 0.25) is 17.2 Å². The van der Waals surface area contributed by atoms with Crippen LogP contribution in [0.15, 0.2) is 65.6 Å². The number of fused-ring (bicyclic) bond motifs is 2. The maximum Gasteiger partial charge on any atom is 0.407 e. The van der Waals surface area contributed by atoms with Crippen LogP contribution < -0.4 is 16.1 Å². The molecule has 310 valence electrons. The summed E-state index contributed by atoms with van der Waals surface area (Å²) in [4.78, 5) is 79.3. The summed E-state index contributed by atoms with van der Waals surface area (Å²) >= 11 is 0. The average Bonchev–Trinajstić information content (AvgIpc) is 4.04. The maximum absolute atomic E-state index is 15.8. The van der Waals surface area contributed by atoms with E-state index in [0.717, 1.165) is 46.0 Å². The molecule has 2 aliphatic heterocycles. The number of H-pyrrole nitrogens is 2. The Labute approximate surface area is 340 Å². The molecule has 14 nitrogen and oxygen atoms in total. The van der Waals surface area contributed by atoms with E-state index in [4.69, 9.17) is 9.47 Å². The highest BCUT2D eigenvalue weighted by molar-refractivity contribution is 5.92. The molecule has 0 radical (unpaired) electrons. The average molecular weight is 808 g/mol. The highest BCUT2D eigenvalue weighted by atomic mass is 19.1. The summed E-state index contributed by atoms with van der Waals surface area (Å²) in [6.45, 7) is 8.29. The number of hydrogen-bond acceptors (Lipinski definition) is 8. The van der Waals surface area contributed by atoms with Crippen LogP contribution in [-0.2, 0) is 19.1 Å². The number of aromatic amines is 2. The third kappa shape index (κ3) is 8.10. The van der Waals surface area contributed by atoms with Gasteiger partial charge in [0.1, 0.15) is 17.9 Å². The number of alkyl carbamates (subject to hydrolysis) is 2. The molecule has 0 aliphatic carbocycles. The Hall–Kier alpha value is -6.25. The number of likely N-dealkylation sites (tertiary alicyclic amines) is 2. The van der Waals surface area contributed by atoms with Gasteiger partial charge in [0.15, 0.2) is 5.82 Å². The van der Waals surface area contributed by atoms with E-state index in [-0.39, 0.29) is 40.8 Å². The summed E-state index contributed by atoms with van der Waals surface area (Å²) < 4.78 is 25.3. The number of rotatable bonds is 10. The van der Waals surface area contributed by atoms with Crippen LogP contribution in [0.25, 0.3) is 44.1 Å². The molecule has 0 unspecified atom stereocenters. The molecular formula is C44H50FN7O7. The van der Waals surface area contributed by atoms with Crippen molar-refractivity contribution < 1.29 is 33.0 Å². The number of nitrogens with one attached hydrogen (secondary N) is 4. The largest absolute Gasteiger partial charge is 0.453 e. The van der Waals surface area contributed by atoms with E-state index in [1.165, 1.54) is 19.1 Å². The molecule has 0 bridgehead atoms. The lowest BCUT2D eigenvalue weighted by Crippen LogP contribution is -2.51. The van der Waals surface area contributed by atoms with Crippen LogP contribution in [0.5, 0.6) is 0 Å². The molecule has 4 amide bonds. The highest BCUT2D eigenvalue weighted by Gasteiger charge is 2.39. The Morgan fingerprint density at radius 1 is 0.746 bits per heavy atom. The van der Waals surface area contributed by atoms with Crippen LogP contribution >= 0.6 is 0 Å². The second kappa shape index (κ2) is 16.9. The number of carbonyl (C=O) groups excluding carboxylic acids is 4. The van der Waals surface area contributed by atoms with E-state index in [0.29, 0.717) is 37.3 Å². The Bertz CT molecular complexity index is 2480.